The zero-order chi connectivity index (χ0) is 17.6. The predicted octanol–water partition coefficient (Wildman–Crippen LogP) is 4.10. The monoisotopic (exact) mass is 410 g/mol. The van der Waals surface area contributed by atoms with Gasteiger partial charge in [0.25, 0.3) is 0 Å². The molecule has 4 aliphatic carbocycles. The van der Waals surface area contributed by atoms with Crippen LogP contribution < -0.4 is 0 Å². The number of carbonyl (C=O) groups is 1. The largest absolute Gasteiger partial charge is 0.393 e. The summed E-state index contributed by atoms with van der Waals surface area (Å²) in [7, 11) is 0. The minimum absolute atomic E-state index is 0.0227. The van der Waals surface area contributed by atoms with Gasteiger partial charge in [0.05, 0.1) is 23.1 Å². The predicted molar refractivity (Wildman–Crippen MR) is 99.5 cm³/mol. The lowest BCUT2D eigenvalue weighted by Gasteiger charge is -2.62. The molecular weight excluding hydrogens is 380 g/mol. The molecule has 5 fully saturated rings. The lowest BCUT2D eigenvalue weighted by Crippen LogP contribution is -2.63. The smallest absolute Gasteiger partial charge is 0.133 e. The molecule has 4 heteroatoms. The second kappa shape index (κ2) is 5.32. The van der Waals surface area contributed by atoms with Crippen molar-refractivity contribution < 1.29 is 14.6 Å². The molecule has 0 aromatic carbocycles. The number of halogens is 1. The number of carbonyl (C=O) groups excluding carboxylic acids is 1. The molecule has 3 nitrogen and oxygen atoms in total. The first kappa shape index (κ1) is 17.2. The molecule has 0 radical (unpaired) electrons. The maximum absolute atomic E-state index is 12.3. The zero-order valence-electron chi connectivity index (χ0n) is 15.5. The number of hydrogen-bond donors (Lipinski definition) is 1. The van der Waals surface area contributed by atoms with Crippen molar-refractivity contribution in [3.8, 4) is 0 Å². The zero-order valence-corrected chi connectivity index (χ0v) is 17.1. The molecule has 1 heterocycles. The average molecular weight is 411 g/mol. The number of hydrogen-bond acceptors (Lipinski definition) is 3. The van der Waals surface area contributed by atoms with Crippen molar-refractivity contribution in [1.82, 2.24) is 0 Å². The number of ether oxygens (including phenoxy) is 1. The third-order valence-electron chi connectivity index (χ3n) is 9.46. The summed E-state index contributed by atoms with van der Waals surface area (Å²) in [5, 5.41) is 10.3. The molecule has 9 atom stereocenters. The van der Waals surface area contributed by atoms with E-state index < -0.39 is 0 Å². The Morgan fingerprint density at radius 3 is 2.72 bits per heavy atom. The molecule has 1 aliphatic heterocycles. The van der Waals surface area contributed by atoms with Crippen LogP contribution in [0.15, 0.2) is 0 Å². The molecular formula is C21H31BrO3. The van der Waals surface area contributed by atoms with Crippen molar-refractivity contribution in [3.63, 3.8) is 0 Å². The van der Waals surface area contributed by atoms with Crippen molar-refractivity contribution in [2.75, 3.05) is 6.61 Å². The number of fused-ring (bicyclic) bond motifs is 3. The molecule has 1 N–H and O–H groups in total. The first-order valence-corrected chi connectivity index (χ1v) is 11.1. The maximum atomic E-state index is 12.3. The fourth-order valence-corrected chi connectivity index (χ4v) is 9.68. The summed E-state index contributed by atoms with van der Waals surface area (Å²) in [4.78, 5) is 12.3. The SMILES string of the molecule is CC(=O)[C@H]1CCC2C3C[C@@H]4OC[C@@]5(CC[C@H](O)C[C@]45Br)C3CC[C@@]21C. The van der Waals surface area contributed by atoms with Crippen molar-refractivity contribution in [3.05, 3.63) is 0 Å². The van der Waals surface area contributed by atoms with Gasteiger partial charge in [0.2, 0.25) is 0 Å². The Morgan fingerprint density at radius 1 is 1.16 bits per heavy atom. The van der Waals surface area contributed by atoms with Crippen molar-refractivity contribution >= 4 is 21.7 Å². The minimum atomic E-state index is -0.185. The first-order valence-electron chi connectivity index (χ1n) is 10.3. The molecule has 0 spiro atoms. The highest BCUT2D eigenvalue weighted by Crippen LogP contribution is 2.72. The van der Waals surface area contributed by atoms with Gasteiger partial charge in [0, 0.05) is 11.3 Å². The van der Waals surface area contributed by atoms with Crippen LogP contribution >= 0.6 is 15.9 Å². The molecule has 5 aliphatic rings. The van der Waals surface area contributed by atoms with Gasteiger partial charge in [0.1, 0.15) is 5.78 Å². The number of aliphatic hydroxyl groups excluding tert-OH is 1. The van der Waals surface area contributed by atoms with Gasteiger partial charge in [-0.25, -0.2) is 0 Å². The van der Waals surface area contributed by atoms with Gasteiger partial charge in [-0.1, -0.05) is 22.9 Å². The molecule has 0 aromatic rings. The van der Waals surface area contributed by atoms with Crippen LogP contribution in [-0.4, -0.2) is 34.0 Å². The van der Waals surface area contributed by atoms with E-state index in [-0.39, 0.29) is 33.3 Å². The number of alkyl halides is 1. The summed E-state index contributed by atoms with van der Waals surface area (Å²) >= 11 is 4.14. The molecule has 0 aromatic heterocycles. The summed E-state index contributed by atoms with van der Waals surface area (Å²) in [5.74, 6) is 2.77. The molecule has 3 unspecified atom stereocenters. The number of rotatable bonds is 1. The fraction of sp³-hybridized carbons (Fsp3) is 0.952. The van der Waals surface area contributed by atoms with Gasteiger partial charge in [-0.15, -0.1) is 0 Å². The normalized spacial score (nSPS) is 59.8. The molecule has 1 saturated heterocycles. The van der Waals surface area contributed by atoms with Crippen LogP contribution in [0.25, 0.3) is 0 Å². The van der Waals surface area contributed by atoms with Crippen LogP contribution in [0.1, 0.15) is 65.2 Å². The van der Waals surface area contributed by atoms with E-state index in [2.05, 4.69) is 22.9 Å². The van der Waals surface area contributed by atoms with Gasteiger partial charge >= 0.3 is 0 Å². The quantitative estimate of drug-likeness (QED) is 0.661. The third kappa shape index (κ3) is 1.97. The van der Waals surface area contributed by atoms with Crippen molar-refractivity contribution in [1.29, 1.82) is 0 Å². The molecule has 5 rings (SSSR count). The van der Waals surface area contributed by atoms with E-state index in [1.54, 1.807) is 0 Å². The Morgan fingerprint density at radius 2 is 1.96 bits per heavy atom. The van der Waals surface area contributed by atoms with E-state index in [1.807, 2.05) is 6.92 Å². The van der Waals surface area contributed by atoms with Crippen molar-refractivity contribution in [2.24, 2.45) is 34.5 Å². The van der Waals surface area contributed by atoms with Gasteiger partial charge < -0.3 is 9.84 Å². The number of aliphatic hydroxyl groups is 1. The number of Topliss-reactive ketones (excluding diaryl/α,β-unsaturated/α-hetero) is 1. The van der Waals surface area contributed by atoms with E-state index in [0.717, 1.165) is 38.7 Å². The molecule has 25 heavy (non-hydrogen) atoms. The summed E-state index contributed by atoms with van der Waals surface area (Å²) in [6.45, 7) is 5.09. The maximum Gasteiger partial charge on any atom is 0.133 e. The van der Waals surface area contributed by atoms with E-state index >= 15 is 0 Å². The van der Waals surface area contributed by atoms with Gasteiger partial charge in [-0.2, -0.15) is 0 Å². The topological polar surface area (TPSA) is 46.5 Å². The van der Waals surface area contributed by atoms with Crippen LogP contribution in [0.2, 0.25) is 0 Å². The van der Waals surface area contributed by atoms with Crippen LogP contribution in [0.5, 0.6) is 0 Å². The first-order chi connectivity index (χ1) is 11.8. The summed E-state index contributed by atoms with van der Waals surface area (Å²) in [6.07, 6.45) is 8.79. The van der Waals surface area contributed by atoms with E-state index in [4.69, 9.17) is 4.74 Å². The molecule has 140 valence electrons. The van der Waals surface area contributed by atoms with Gasteiger partial charge in [0.15, 0.2) is 0 Å². The third-order valence-corrected chi connectivity index (χ3v) is 11.1. The highest BCUT2D eigenvalue weighted by Gasteiger charge is 2.72. The van der Waals surface area contributed by atoms with Gasteiger partial charge in [-0.05, 0) is 81.5 Å². The summed E-state index contributed by atoms with van der Waals surface area (Å²) < 4.78 is 6.37. The Balaban J connectivity index is 1.52. The minimum Gasteiger partial charge on any atom is -0.393 e. The Labute approximate surface area is 159 Å². The van der Waals surface area contributed by atoms with E-state index in [1.165, 1.54) is 19.3 Å². The second-order valence-electron chi connectivity index (χ2n) is 10.1. The highest BCUT2D eigenvalue weighted by molar-refractivity contribution is 9.10. The highest BCUT2D eigenvalue weighted by atomic mass is 79.9. The van der Waals surface area contributed by atoms with E-state index in [0.29, 0.717) is 23.5 Å². The second-order valence-corrected chi connectivity index (χ2v) is 11.5. The summed E-state index contributed by atoms with van der Waals surface area (Å²) in [6, 6.07) is 0. The average Bonchev–Trinajstić information content (AvgIpc) is 2.97. The van der Waals surface area contributed by atoms with Crippen LogP contribution in [-0.2, 0) is 9.53 Å². The fourth-order valence-electron chi connectivity index (χ4n) is 8.38. The van der Waals surface area contributed by atoms with Crippen LogP contribution in [0.3, 0.4) is 0 Å². The van der Waals surface area contributed by atoms with Crippen LogP contribution in [0, 0.1) is 34.5 Å². The Kier molecular flexibility index (Phi) is 3.66. The Hall–Kier alpha value is 0.0700. The number of ketones is 1. The molecule has 2 bridgehead atoms. The summed E-state index contributed by atoms with van der Waals surface area (Å²) in [5.41, 5.74) is 0.416. The Bertz CT molecular complexity index is 608. The van der Waals surface area contributed by atoms with Crippen LogP contribution in [0.4, 0.5) is 0 Å². The van der Waals surface area contributed by atoms with Gasteiger partial charge in [-0.3, -0.25) is 4.79 Å². The van der Waals surface area contributed by atoms with Crippen molar-refractivity contribution in [2.45, 2.75) is 81.7 Å². The van der Waals surface area contributed by atoms with E-state index in [9.17, 15) is 9.90 Å². The molecule has 4 saturated carbocycles. The lowest BCUT2D eigenvalue weighted by molar-refractivity contribution is -0.131. The lowest BCUT2D eigenvalue weighted by atomic mass is 9.44. The standard InChI is InChI=1S/C21H31BrO3/c1-12(23)15-3-4-16-14-9-18-21(22)10-13(24)5-8-20(21,11-25-18)17(14)6-7-19(15,16)2/h13-18,24H,3-11H2,1-2H3/t13-,14?,15+,16?,17?,18-,19+,20-,21-/m0/s1. The molecule has 0 amide bonds.